The number of fused-ring (bicyclic) bond motifs is 1. The highest BCUT2D eigenvalue weighted by Crippen LogP contribution is 2.55. The van der Waals surface area contributed by atoms with E-state index in [4.69, 9.17) is 0 Å². The topological polar surface area (TPSA) is 73.7 Å². The van der Waals surface area contributed by atoms with E-state index in [-0.39, 0.29) is 52.8 Å². The van der Waals surface area contributed by atoms with Crippen molar-refractivity contribution in [2.24, 2.45) is 5.41 Å². The molecule has 2 aromatic rings. The van der Waals surface area contributed by atoms with Crippen molar-refractivity contribution in [3.05, 3.63) is 59.9 Å². The summed E-state index contributed by atoms with van der Waals surface area (Å²) in [6.45, 7) is 3.93. The molecular formula is C26H31N3O3. The van der Waals surface area contributed by atoms with E-state index in [1.54, 1.807) is 19.2 Å². The molecule has 6 heteroatoms. The third-order valence-electron chi connectivity index (χ3n) is 8.08. The van der Waals surface area contributed by atoms with Gasteiger partial charge in [0.25, 0.3) is 5.91 Å². The second-order valence-corrected chi connectivity index (χ2v) is 9.86. The van der Waals surface area contributed by atoms with Crippen molar-refractivity contribution in [1.82, 2.24) is 14.8 Å². The van der Waals surface area contributed by atoms with Crippen LogP contribution in [0.2, 0.25) is 0 Å². The Kier molecular flexibility index (Phi) is 5.19. The summed E-state index contributed by atoms with van der Waals surface area (Å²) in [5.41, 5.74) is 1.10. The molecule has 1 aromatic carbocycles. The van der Waals surface area contributed by atoms with Gasteiger partial charge in [0.15, 0.2) is 5.69 Å². The predicted octanol–water partition coefficient (Wildman–Crippen LogP) is 3.79. The Labute approximate surface area is 189 Å². The summed E-state index contributed by atoms with van der Waals surface area (Å²) < 4.78 is 0. The van der Waals surface area contributed by atoms with Crippen molar-refractivity contribution in [3.8, 4) is 5.75 Å². The number of hydrogen-bond donors (Lipinski definition) is 1. The molecule has 2 bridgehead atoms. The largest absolute Gasteiger partial charge is 0.505 e. The van der Waals surface area contributed by atoms with Gasteiger partial charge in [0.1, 0.15) is 5.75 Å². The number of piperidine rings is 1. The smallest absolute Gasteiger partial charge is 0.276 e. The van der Waals surface area contributed by atoms with Crippen LogP contribution in [0, 0.1) is 5.41 Å². The molecule has 6 nitrogen and oxygen atoms in total. The lowest BCUT2D eigenvalue weighted by Gasteiger charge is -2.50. The van der Waals surface area contributed by atoms with Crippen molar-refractivity contribution in [3.63, 3.8) is 0 Å². The maximum absolute atomic E-state index is 14.0. The van der Waals surface area contributed by atoms with Crippen LogP contribution in [0.4, 0.5) is 0 Å². The summed E-state index contributed by atoms with van der Waals surface area (Å²) in [6.07, 6.45) is 7.13. The minimum Gasteiger partial charge on any atom is -0.505 e. The molecule has 3 aliphatic rings. The van der Waals surface area contributed by atoms with Gasteiger partial charge in [0.2, 0.25) is 5.91 Å². The van der Waals surface area contributed by atoms with Crippen molar-refractivity contribution in [2.75, 3.05) is 0 Å². The molecule has 2 aliphatic heterocycles. The lowest BCUT2D eigenvalue weighted by atomic mass is 9.69. The number of aromatic hydroxyl groups is 1. The Morgan fingerprint density at radius 1 is 1.06 bits per heavy atom. The second-order valence-electron chi connectivity index (χ2n) is 9.86. The zero-order valence-electron chi connectivity index (χ0n) is 18.8. The minimum absolute atomic E-state index is 0.0122. The highest BCUT2D eigenvalue weighted by Gasteiger charge is 2.63. The Bertz CT molecular complexity index is 1030. The lowest BCUT2D eigenvalue weighted by molar-refractivity contribution is -0.133. The normalized spacial score (nSPS) is 31.3. The number of likely N-dealkylation sites (tertiary alicyclic amines) is 2. The Hall–Kier alpha value is -2.89. The van der Waals surface area contributed by atoms with Gasteiger partial charge in [-0.05, 0) is 43.4 Å². The number of pyridine rings is 1. The predicted molar refractivity (Wildman–Crippen MR) is 121 cm³/mol. The zero-order valence-corrected chi connectivity index (χ0v) is 18.8. The molecule has 5 rings (SSSR count). The van der Waals surface area contributed by atoms with Crippen LogP contribution < -0.4 is 0 Å². The summed E-state index contributed by atoms with van der Waals surface area (Å²) >= 11 is 0. The van der Waals surface area contributed by atoms with E-state index in [0.717, 1.165) is 37.7 Å². The molecule has 0 radical (unpaired) electrons. The first-order valence-electron chi connectivity index (χ1n) is 11.7. The first kappa shape index (κ1) is 21.0. The number of aromatic nitrogens is 1. The first-order valence-corrected chi connectivity index (χ1v) is 11.7. The first-order chi connectivity index (χ1) is 15.4. The molecular weight excluding hydrogens is 402 g/mol. The fourth-order valence-electron chi connectivity index (χ4n) is 6.78. The quantitative estimate of drug-likeness (QED) is 0.799. The van der Waals surface area contributed by atoms with E-state index in [2.05, 4.69) is 28.9 Å². The third kappa shape index (κ3) is 3.19. The van der Waals surface area contributed by atoms with E-state index in [1.165, 1.54) is 6.07 Å². The van der Waals surface area contributed by atoms with Gasteiger partial charge in [-0.3, -0.25) is 9.59 Å². The van der Waals surface area contributed by atoms with Crippen LogP contribution in [-0.4, -0.2) is 55.9 Å². The van der Waals surface area contributed by atoms with Gasteiger partial charge < -0.3 is 14.9 Å². The van der Waals surface area contributed by atoms with Gasteiger partial charge >= 0.3 is 0 Å². The van der Waals surface area contributed by atoms with Gasteiger partial charge in [-0.25, -0.2) is 4.98 Å². The Morgan fingerprint density at radius 2 is 1.75 bits per heavy atom. The van der Waals surface area contributed by atoms with Gasteiger partial charge in [-0.15, -0.1) is 0 Å². The summed E-state index contributed by atoms with van der Waals surface area (Å²) in [7, 11) is 0. The number of carbonyl (C=O) groups excluding carboxylic acids is 2. The fraction of sp³-hybridized carbons (Fsp3) is 0.500. The second kappa shape index (κ2) is 7.91. The van der Waals surface area contributed by atoms with Gasteiger partial charge in [-0.2, -0.15) is 0 Å². The van der Waals surface area contributed by atoms with E-state index in [0.29, 0.717) is 6.42 Å². The molecule has 1 aliphatic carbocycles. The number of nitrogens with zero attached hydrogens (tertiary/aromatic N) is 3. The van der Waals surface area contributed by atoms with E-state index in [1.807, 2.05) is 23.1 Å². The highest BCUT2D eigenvalue weighted by molar-refractivity contribution is 5.95. The van der Waals surface area contributed by atoms with Crippen LogP contribution in [0.1, 0.15) is 62.0 Å². The Morgan fingerprint density at radius 3 is 2.41 bits per heavy atom. The molecule has 5 atom stereocenters. The van der Waals surface area contributed by atoms with Crippen LogP contribution in [0.3, 0.4) is 0 Å². The number of benzene rings is 1. The molecule has 3 heterocycles. The molecule has 3 fully saturated rings. The molecule has 2 amide bonds. The summed E-state index contributed by atoms with van der Waals surface area (Å²) in [4.78, 5) is 35.2. The van der Waals surface area contributed by atoms with Crippen LogP contribution in [0.5, 0.6) is 5.75 Å². The molecule has 1 saturated carbocycles. The maximum atomic E-state index is 14.0. The van der Waals surface area contributed by atoms with Gasteiger partial charge in [0, 0.05) is 30.6 Å². The van der Waals surface area contributed by atoms with Crippen LogP contribution in [-0.2, 0) is 11.2 Å². The standard InChI is InChI=1S/C26H31N3O3/c1-17(30)28-20-16-26(2)22(28)12-6-7-13-23(26)29(19(20)15-18-9-4-3-5-10-18)25(32)24-21(31)11-8-14-27-24/h3-5,8-11,14,19-20,22-23,31H,6-7,12-13,15-16H2,1-2H3/t19-,20-,22-,23+,26-/m0/s1. The molecule has 0 spiro atoms. The molecule has 1 N–H and O–H groups in total. The number of carbonyl (C=O) groups is 2. The third-order valence-corrected chi connectivity index (χ3v) is 8.08. The average molecular weight is 434 g/mol. The van der Waals surface area contributed by atoms with Crippen molar-refractivity contribution < 1.29 is 14.7 Å². The van der Waals surface area contributed by atoms with Gasteiger partial charge in [0.05, 0.1) is 12.1 Å². The number of rotatable bonds is 3. The molecule has 168 valence electrons. The van der Waals surface area contributed by atoms with Crippen LogP contribution in [0.15, 0.2) is 48.7 Å². The maximum Gasteiger partial charge on any atom is 0.276 e. The van der Waals surface area contributed by atoms with E-state index in [9.17, 15) is 14.7 Å². The number of hydrogen-bond acceptors (Lipinski definition) is 4. The lowest BCUT2D eigenvalue weighted by Crippen LogP contribution is -2.62. The van der Waals surface area contributed by atoms with Crippen molar-refractivity contribution in [1.29, 1.82) is 0 Å². The van der Waals surface area contributed by atoms with Gasteiger partial charge in [-0.1, -0.05) is 50.1 Å². The van der Waals surface area contributed by atoms with Crippen LogP contribution in [0.25, 0.3) is 0 Å². The van der Waals surface area contributed by atoms with Crippen molar-refractivity contribution in [2.45, 2.75) is 76.5 Å². The number of amides is 2. The summed E-state index contributed by atoms with van der Waals surface area (Å²) in [5.74, 6) is -0.221. The highest BCUT2D eigenvalue weighted by atomic mass is 16.3. The summed E-state index contributed by atoms with van der Waals surface area (Å²) in [5, 5.41) is 10.4. The molecule has 0 unspecified atom stereocenters. The Balaban J connectivity index is 1.65. The molecule has 1 aromatic heterocycles. The fourth-order valence-corrected chi connectivity index (χ4v) is 6.78. The zero-order chi connectivity index (χ0) is 22.5. The minimum atomic E-state index is -0.226. The van der Waals surface area contributed by atoms with E-state index < -0.39 is 0 Å². The van der Waals surface area contributed by atoms with Crippen molar-refractivity contribution >= 4 is 11.8 Å². The molecule has 32 heavy (non-hydrogen) atoms. The summed E-state index contributed by atoms with van der Waals surface area (Å²) in [6, 6.07) is 13.3. The SMILES string of the molecule is CC(=O)N1[C@H]2CCCC[C@H]3N(C(=O)c4ncccc4O)[C@@H](Cc4ccccc4)[C@@H]1C[C@@]23C. The average Bonchev–Trinajstić information content (AvgIpc) is 2.93. The monoisotopic (exact) mass is 433 g/mol. The molecule has 2 saturated heterocycles. The van der Waals surface area contributed by atoms with E-state index >= 15 is 0 Å². The van der Waals surface area contributed by atoms with Crippen LogP contribution >= 0.6 is 0 Å².